The predicted molar refractivity (Wildman–Crippen MR) is 71.7 cm³/mol. The number of imidazole rings is 1. The van der Waals surface area contributed by atoms with Gasteiger partial charge in [0.15, 0.2) is 0 Å². The van der Waals surface area contributed by atoms with E-state index >= 15 is 0 Å². The number of alkyl carbamates (subject to hydrolysis) is 1. The van der Waals surface area contributed by atoms with Gasteiger partial charge in [0.2, 0.25) is 0 Å². The minimum Gasteiger partial charge on any atom is -0.444 e. The molecular weight excluding hydrogens is 246 g/mol. The molecule has 0 aliphatic carbocycles. The Kier molecular flexibility index (Phi) is 5.35. The van der Waals surface area contributed by atoms with Gasteiger partial charge in [-0.1, -0.05) is 6.92 Å². The number of hydrogen-bond donors (Lipinski definition) is 2. The van der Waals surface area contributed by atoms with Crippen molar-refractivity contribution >= 4 is 6.09 Å². The third-order valence-electron chi connectivity index (χ3n) is 2.44. The molecule has 0 saturated carbocycles. The molecule has 1 atom stereocenters. The number of nitrogens with one attached hydrogen (secondary N) is 1. The van der Waals surface area contributed by atoms with Crippen LogP contribution in [0, 0.1) is 0 Å². The molecule has 1 aromatic heterocycles. The molecule has 19 heavy (non-hydrogen) atoms. The highest BCUT2D eigenvalue weighted by Crippen LogP contribution is 2.14. The van der Waals surface area contributed by atoms with E-state index in [0.29, 0.717) is 0 Å². The number of nitrogens with zero attached hydrogens (tertiary/aromatic N) is 2. The summed E-state index contributed by atoms with van der Waals surface area (Å²) in [5.41, 5.74) is 0.212. The second-order valence-electron chi connectivity index (χ2n) is 5.39. The molecule has 6 nitrogen and oxygen atoms in total. The molecule has 0 radical (unpaired) electrons. The Morgan fingerprint density at radius 2 is 2.26 bits per heavy atom. The van der Waals surface area contributed by atoms with Gasteiger partial charge in [-0.2, -0.15) is 0 Å². The van der Waals surface area contributed by atoms with Crippen LogP contribution in [0.4, 0.5) is 4.79 Å². The zero-order valence-electron chi connectivity index (χ0n) is 12.0. The van der Waals surface area contributed by atoms with Crippen molar-refractivity contribution in [1.29, 1.82) is 0 Å². The highest BCUT2D eigenvalue weighted by atomic mass is 16.6. The molecular formula is C13H23N3O3. The van der Waals surface area contributed by atoms with Gasteiger partial charge >= 0.3 is 6.09 Å². The van der Waals surface area contributed by atoms with E-state index in [0.717, 1.165) is 18.7 Å². The number of aliphatic hydroxyl groups excluding tert-OH is 1. The number of carbonyl (C=O) groups excluding carboxylic acids is 1. The average molecular weight is 269 g/mol. The lowest BCUT2D eigenvalue weighted by Gasteiger charge is -2.23. The molecule has 6 heteroatoms. The van der Waals surface area contributed by atoms with Gasteiger partial charge in [0.05, 0.1) is 30.9 Å². The first-order valence-corrected chi connectivity index (χ1v) is 6.47. The zero-order chi connectivity index (χ0) is 14.5. The molecule has 0 spiro atoms. The summed E-state index contributed by atoms with van der Waals surface area (Å²) in [7, 11) is 0. The molecule has 0 saturated heterocycles. The summed E-state index contributed by atoms with van der Waals surface area (Å²) in [6.45, 7) is 8.03. The van der Waals surface area contributed by atoms with Gasteiger partial charge in [0.1, 0.15) is 5.60 Å². The van der Waals surface area contributed by atoms with E-state index in [4.69, 9.17) is 4.74 Å². The molecule has 0 fully saturated rings. The van der Waals surface area contributed by atoms with E-state index in [9.17, 15) is 9.90 Å². The lowest BCUT2D eigenvalue weighted by Crippen LogP contribution is -2.37. The molecule has 1 rings (SSSR count). The van der Waals surface area contributed by atoms with Gasteiger partial charge in [-0.25, -0.2) is 9.78 Å². The largest absolute Gasteiger partial charge is 0.444 e. The maximum absolute atomic E-state index is 11.7. The summed E-state index contributed by atoms with van der Waals surface area (Å²) in [5.74, 6) is 0. The maximum atomic E-state index is 11.7. The van der Waals surface area contributed by atoms with Crippen LogP contribution in [0.3, 0.4) is 0 Å². The Balaban J connectivity index is 2.72. The Bertz CT molecular complexity index is 410. The maximum Gasteiger partial charge on any atom is 0.408 e. The number of carbonyl (C=O) groups is 1. The number of ether oxygens (including phenoxy) is 1. The van der Waals surface area contributed by atoms with E-state index in [1.54, 1.807) is 33.3 Å². The summed E-state index contributed by atoms with van der Waals surface area (Å²) in [4.78, 5) is 15.8. The number of aryl methyl sites for hydroxylation is 1. The minimum absolute atomic E-state index is 0.200. The van der Waals surface area contributed by atoms with Crippen LogP contribution in [0.2, 0.25) is 0 Å². The first-order valence-electron chi connectivity index (χ1n) is 6.47. The number of rotatable bonds is 5. The van der Waals surface area contributed by atoms with Crippen LogP contribution in [0.1, 0.15) is 45.9 Å². The number of amides is 1. The van der Waals surface area contributed by atoms with Crippen molar-refractivity contribution in [2.75, 3.05) is 6.61 Å². The summed E-state index contributed by atoms with van der Waals surface area (Å²) >= 11 is 0. The fraction of sp³-hybridized carbons (Fsp3) is 0.692. The van der Waals surface area contributed by atoms with Gasteiger partial charge < -0.3 is 19.7 Å². The van der Waals surface area contributed by atoms with Crippen LogP contribution in [0.25, 0.3) is 0 Å². The second kappa shape index (κ2) is 6.56. The van der Waals surface area contributed by atoms with Gasteiger partial charge in [0.25, 0.3) is 0 Å². The third kappa shape index (κ3) is 4.90. The predicted octanol–water partition coefficient (Wildman–Crippen LogP) is 1.85. The van der Waals surface area contributed by atoms with Crippen LogP contribution in [0.5, 0.6) is 0 Å². The fourth-order valence-electron chi connectivity index (χ4n) is 1.71. The fourth-order valence-corrected chi connectivity index (χ4v) is 1.71. The molecule has 0 aromatic carbocycles. The molecule has 1 heterocycles. The minimum atomic E-state index is -0.562. The van der Waals surface area contributed by atoms with Crippen LogP contribution in [0.15, 0.2) is 12.5 Å². The monoisotopic (exact) mass is 269 g/mol. The third-order valence-corrected chi connectivity index (χ3v) is 2.44. The normalized spacial score (nSPS) is 13.1. The number of hydrogen-bond acceptors (Lipinski definition) is 4. The van der Waals surface area contributed by atoms with Crippen molar-refractivity contribution in [3.8, 4) is 0 Å². The Morgan fingerprint density at radius 1 is 1.58 bits per heavy atom. The van der Waals surface area contributed by atoms with E-state index in [-0.39, 0.29) is 6.61 Å². The summed E-state index contributed by atoms with van der Waals surface area (Å²) in [6.07, 6.45) is 3.75. The summed E-state index contributed by atoms with van der Waals surface area (Å²) in [6, 6.07) is -0.510. The smallest absolute Gasteiger partial charge is 0.408 e. The van der Waals surface area contributed by atoms with Gasteiger partial charge in [-0.05, 0) is 27.2 Å². The molecule has 1 unspecified atom stereocenters. The SMILES string of the molecule is CCCn1cncc1C(CO)NC(=O)OC(C)(C)C. The van der Waals surface area contributed by atoms with Gasteiger partial charge in [0, 0.05) is 6.54 Å². The van der Waals surface area contributed by atoms with E-state index in [1.807, 2.05) is 4.57 Å². The molecule has 0 aliphatic rings. The molecule has 2 N–H and O–H groups in total. The van der Waals surface area contributed by atoms with Crippen molar-refractivity contribution in [2.24, 2.45) is 0 Å². The number of aromatic nitrogens is 2. The van der Waals surface area contributed by atoms with E-state index in [2.05, 4.69) is 17.2 Å². The molecule has 108 valence electrons. The Labute approximate surface area is 113 Å². The average Bonchev–Trinajstić information content (AvgIpc) is 2.72. The van der Waals surface area contributed by atoms with Crippen molar-refractivity contribution < 1.29 is 14.6 Å². The van der Waals surface area contributed by atoms with Crippen molar-refractivity contribution in [3.05, 3.63) is 18.2 Å². The van der Waals surface area contributed by atoms with E-state index < -0.39 is 17.7 Å². The van der Waals surface area contributed by atoms with E-state index in [1.165, 1.54) is 0 Å². The Hall–Kier alpha value is -1.56. The first-order chi connectivity index (χ1) is 8.87. The quantitative estimate of drug-likeness (QED) is 0.855. The first kappa shape index (κ1) is 15.5. The second-order valence-corrected chi connectivity index (χ2v) is 5.39. The molecule has 1 aromatic rings. The van der Waals surface area contributed by atoms with Crippen molar-refractivity contribution in [3.63, 3.8) is 0 Å². The van der Waals surface area contributed by atoms with Gasteiger partial charge in [-0.15, -0.1) is 0 Å². The standard InChI is InChI=1S/C13H23N3O3/c1-5-6-16-9-14-7-11(16)10(8-17)15-12(18)19-13(2,3)4/h7,9-10,17H,5-6,8H2,1-4H3,(H,15,18). The summed E-state index contributed by atoms with van der Waals surface area (Å²) < 4.78 is 7.09. The number of aliphatic hydroxyl groups is 1. The van der Waals surface area contributed by atoms with Crippen LogP contribution in [-0.4, -0.2) is 33.0 Å². The highest BCUT2D eigenvalue weighted by Gasteiger charge is 2.22. The van der Waals surface area contributed by atoms with Crippen molar-refractivity contribution in [2.45, 2.75) is 52.3 Å². The van der Waals surface area contributed by atoms with Crippen molar-refractivity contribution in [1.82, 2.24) is 14.9 Å². The molecule has 0 aliphatic heterocycles. The molecule has 1 amide bonds. The lowest BCUT2D eigenvalue weighted by molar-refractivity contribution is 0.0479. The summed E-state index contributed by atoms with van der Waals surface area (Å²) in [5, 5.41) is 12.1. The Morgan fingerprint density at radius 3 is 2.79 bits per heavy atom. The van der Waals surface area contributed by atoms with Crippen LogP contribution < -0.4 is 5.32 Å². The van der Waals surface area contributed by atoms with Crippen LogP contribution in [-0.2, 0) is 11.3 Å². The lowest BCUT2D eigenvalue weighted by atomic mass is 10.2. The van der Waals surface area contributed by atoms with Gasteiger partial charge in [-0.3, -0.25) is 0 Å². The topological polar surface area (TPSA) is 76.4 Å². The zero-order valence-corrected chi connectivity index (χ0v) is 12.0. The van der Waals surface area contributed by atoms with Crippen LogP contribution >= 0.6 is 0 Å². The highest BCUT2D eigenvalue weighted by molar-refractivity contribution is 5.68. The molecule has 0 bridgehead atoms.